The SMILES string of the molecule is CC1CCCN(c2ccc3nncn3n2)C1. The van der Waals surface area contributed by atoms with Gasteiger partial charge in [-0.2, -0.15) is 4.52 Å². The average Bonchev–Trinajstić information content (AvgIpc) is 2.75. The number of hydrogen-bond acceptors (Lipinski definition) is 4. The maximum atomic E-state index is 4.51. The van der Waals surface area contributed by atoms with Gasteiger partial charge in [-0.25, -0.2) is 0 Å². The standard InChI is InChI=1S/C11H15N5/c1-9-3-2-6-15(7-9)11-5-4-10-13-12-8-16(10)14-11/h4-5,8-9H,2-3,6-7H2,1H3. The predicted molar refractivity (Wildman–Crippen MR) is 61.4 cm³/mol. The Hall–Kier alpha value is -1.65. The highest BCUT2D eigenvalue weighted by atomic mass is 15.4. The van der Waals surface area contributed by atoms with Crippen LogP contribution in [0.25, 0.3) is 5.65 Å². The Bertz CT molecular complexity index is 492. The van der Waals surface area contributed by atoms with E-state index < -0.39 is 0 Å². The van der Waals surface area contributed by atoms with E-state index in [-0.39, 0.29) is 0 Å². The van der Waals surface area contributed by atoms with Crippen LogP contribution in [0.5, 0.6) is 0 Å². The minimum Gasteiger partial charge on any atom is -0.355 e. The van der Waals surface area contributed by atoms with E-state index in [1.165, 1.54) is 12.8 Å². The molecule has 2 aromatic heterocycles. The van der Waals surface area contributed by atoms with Crippen molar-refractivity contribution in [1.29, 1.82) is 0 Å². The first-order valence-electron chi connectivity index (χ1n) is 5.75. The Balaban J connectivity index is 1.92. The molecule has 3 heterocycles. The van der Waals surface area contributed by atoms with Crippen molar-refractivity contribution in [2.24, 2.45) is 5.92 Å². The Morgan fingerprint density at radius 1 is 1.38 bits per heavy atom. The fraction of sp³-hybridized carbons (Fsp3) is 0.545. The summed E-state index contributed by atoms with van der Waals surface area (Å²) in [6, 6.07) is 4.00. The Labute approximate surface area is 94.1 Å². The lowest BCUT2D eigenvalue weighted by atomic mass is 10.0. The van der Waals surface area contributed by atoms with Gasteiger partial charge >= 0.3 is 0 Å². The summed E-state index contributed by atoms with van der Waals surface area (Å²) in [5.41, 5.74) is 0.800. The van der Waals surface area contributed by atoms with Crippen LogP contribution >= 0.6 is 0 Å². The van der Waals surface area contributed by atoms with Gasteiger partial charge in [-0.1, -0.05) is 6.92 Å². The maximum absolute atomic E-state index is 4.51. The van der Waals surface area contributed by atoms with Gasteiger partial charge in [0.2, 0.25) is 0 Å². The molecule has 1 fully saturated rings. The van der Waals surface area contributed by atoms with Gasteiger partial charge in [-0.05, 0) is 30.9 Å². The molecule has 5 heteroatoms. The van der Waals surface area contributed by atoms with Crippen molar-refractivity contribution in [3.8, 4) is 0 Å². The molecule has 0 amide bonds. The number of fused-ring (bicyclic) bond motifs is 1. The molecular formula is C11H15N5. The van der Waals surface area contributed by atoms with Crippen LogP contribution in [0.4, 0.5) is 5.82 Å². The zero-order chi connectivity index (χ0) is 11.0. The van der Waals surface area contributed by atoms with Crippen LogP contribution in [0, 0.1) is 5.92 Å². The third-order valence-electron chi connectivity index (χ3n) is 3.13. The Morgan fingerprint density at radius 3 is 3.19 bits per heavy atom. The summed E-state index contributed by atoms with van der Waals surface area (Å²) in [4.78, 5) is 2.34. The van der Waals surface area contributed by atoms with E-state index >= 15 is 0 Å². The summed E-state index contributed by atoms with van der Waals surface area (Å²) in [6.45, 7) is 4.50. The molecule has 3 rings (SSSR count). The summed E-state index contributed by atoms with van der Waals surface area (Å²) in [5.74, 6) is 1.78. The highest BCUT2D eigenvalue weighted by molar-refractivity contribution is 5.45. The lowest BCUT2D eigenvalue weighted by molar-refractivity contribution is 0.443. The largest absolute Gasteiger partial charge is 0.355 e. The van der Waals surface area contributed by atoms with Crippen molar-refractivity contribution in [3.05, 3.63) is 18.5 Å². The van der Waals surface area contributed by atoms with Crippen molar-refractivity contribution < 1.29 is 0 Å². The minimum atomic E-state index is 0.757. The number of aromatic nitrogens is 4. The number of piperidine rings is 1. The van der Waals surface area contributed by atoms with E-state index in [2.05, 4.69) is 27.1 Å². The fourth-order valence-corrected chi connectivity index (χ4v) is 2.28. The smallest absolute Gasteiger partial charge is 0.177 e. The molecule has 16 heavy (non-hydrogen) atoms. The summed E-state index contributed by atoms with van der Waals surface area (Å²) < 4.78 is 1.73. The summed E-state index contributed by atoms with van der Waals surface area (Å²) >= 11 is 0. The molecule has 1 aliphatic rings. The molecule has 0 bridgehead atoms. The van der Waals surface area contributed by atoms with Crippen LogP contribution in [0.1, 0.15) is 19.8 Å². The van der Waals surface area contributed by atoms with E-state index in [0.29, 0.717) is 0 Å². The van der Waals surface area contributed by atoms with Crippen LogP contribution in [0.3, 0.4) is 0 Å². The molecule has 0 N–H and O–H groups in total. The van der Waals surface area contributed by atoms with Gasteiger partial charge in [-0.3, -0.25) is 0 Å². The van der Waals surface area contributed by atoms with Crippen molar-refractivity contribution in [2.75, 3.05) is 18.0 Å². The molecule has 0 saturated carbocycles. The molecule has 1 atom stereocenters. The molecule has 1 aliphatic heterocycles. The quantitative estimate of drug-likeness (QED) is 0.723. The first kappa shape index (κ1) is 9.57. The van der Waals surface area contributed by atoms with Gasteiger partial charge in [0.1, 0.15) is 12.1 Å². The molecule has 0 aromatic carbocycles. The summed E-state index contributed by atoms with van der Waals surface area (Å²) in [5, 5.41) is 12.3. The third kappa shape index (κ3) is 1.62. The third-order valence-corrected chi connectivity index (χ3v) is 3.13. The normalized spacial score (nSPS) is 21.6. The van der Waals surface area contributed by atoms with E-state index in [4.69, 9.17) is 0 Å². The van der Waals surface area contributed by atoms with Gasteiger partial charge < -0.3 is 4.90 Å². The number of nitrogens with zero attached hydrogens (tertiary/aromatic N) is 5. The predicted octanol–water partition coefficient (Wildman–Crippen LogP) is 1.36. The second-order valence-electron chi connectivity index (χ2n) is 4.52. The topological polar surface area (TPSA) is 46.3 Å². The lowest BCUT2D eigenvalue weighted by Gasteiger charge is -2.31. The van der Waals surface area contributed by atoms with Gasteiger partial charge in [0.25, 0.3) is 0 Å². The maximum Gasteiger partial charge on any atom is 0.177 e. The highest BCUT2D eigenvalue weighted by Crippen LogP contribution is 2.20. The van der Waals surface area contributed by atoms with Gasteiger partial charge in [0.05, 0.1) is 0 Å². The van der Waals surface area contributed by atoms with E-state index in [9.17, 15) is 0 Å². The van der Waals surface area contributed by atoms with E-state index in [1.54, 1.807) is 10.8 Å². The summed E-state index contributed by atoms with van der Waals surface area (Å²) in [6.07, 6.45) is 4.22. The monoisotopic (exact) mass is 217 g/mol. The molecule has 5 nitrogen and oxygen atoms in total. The number of rotatable bonds is 1. The fourth-order valence-electron chi connectivity index (χ4n) is 2.28. The van der Waals surface area contributed by atoms with Crippen molar-refractivity contribution in [1.82, 2.24) is 19.8 Å². The van der Waals surface area contributed by atoms with Crippen LogP contribution in [0.2, 0.25) is 0 Å². The van der Waals surface area contributed by atoms with Crippen LogP contribution < -0.4 is 4.90 Å². The molecule has 0 radical (unpaired) electrons. The molecule has 2 aromatic rings. The minimum absolute atomic E-state index is 0.757. The highest BCUT2D eigenvalue weighted by Gasteiger charge is 2.17. The zero-order valence-electron chi connectivity index (χ0n) is 9.37. The molecule has 0 aliphatic carbocycles. The van der Waals surface area contributed by atoms with E-state index in [0.717, 1.165) is 30.5 Å². The molecular weight excluding hydrogens is 202 g/mol. The lowest BCUT2D eigenvalue weighted by Crippen LogP contribution is -2.35. The molecule has 0 spiro atoms. The second kappa shape index (κ2) is 3.73. The van der Waals surface area contributed by atoms with Crippen molar-refractivity contribution in [2.45, 2.75) is 19.8 Å². The zero-order valence-corrected chi connectivity index (χ0v) is 9.37. The Kier molecular flexibility index (Phi) is 2.23. The number of hydrogen-bond donors (Lipinski definition) is 0. The van der Waals surface area contributed by atoms with Crippen LogP contribution in [0.15, 0.2) is 18.5 Å². The van der Waals surface area contributed by atoms with E-state index in [1.807, 2.05) is 12.1 Å². The molecule has 1 unspecified atom stereocenters. The van der Waals surface area contributed by atoms with Crippen molar-refractivity contribution in [3.63, 3.8) is 0 Å². The second-order valence-corrected chi connectivity index (χ2v) is 4.52. The Morgan fingerprint density at radius 2 is 2.31 bits per heavy atom. The molecule has 84 valence electrons. The summed E-state index contributed by atoms with van der Waals surface area (Å²) in [7, 11) is 0. The van der Waals surface area contributed by atoms with Crippen LogP contribution in [-0.4, -0.2) is 32.9 Å². The number of anilines is 1. The van der Waals surface area contributed by atoms with Gasteiger partial charge in [-0.15, -0.1) is 15.3 Å². The molecule has 1 saturated heterocycles. The van der Waals surface area contributed by atoms with Gasteiger partial charge in [0.15, 0.2) is 5.65 Å². The van der Waals surface area contributed by atoms with Gasteiger partial charge in [0, 0.05) is 13.1 Å². The van der Waals surface area contributed by atoms with Crippen molar-refractivity contribution >= 4 is 11.5 Å². The van der Waals surface area contributed by atoms with Crippen LogP contribution in [-0.2, 0) is 0 Å². The average molecular weight is 217 g/mol. The first-order chi connectivity index (χ1) is 7.83. The first-order valence-corrected chi connectivity index (χ1v) is 5.75.